The van der Waals surface area contributed by atoms with Gasteiger partial charge in [-0.25, -0.2) is 4.98 Å². The van der Waals surface area contributed by atoms with Crippen LogP contribution in [0.1, 0.15) is 64.1 Å². The molecule has 1 aromatic heterocycles. The number of likely N-dealkylation sites (tertiary alicyclic amines) is 2. The first-order valence-electron chi connectivity index (χ1n) is 15.2. The molecule has 2 saturated heterocycles. The van der Waals surface area contributed by atoms with Crippen molar-refractivity contribution in [1.82, 2.24) is 14.8 Å². The number of carbonyl (C=O) groups is 2. The van der Waals surface area contributed by atoms with Crippen molar-refractivity contribution in [2.45, 2.75) is 44.1 Å². The number of nitro benzene ring substituents is 1. The minimum atomic E-state index is -0.648. The monoisotopic (exact) mass is 603 g/mol. The van der Waals surface area contributed by atoms with Crippen LogP contribution in [0.3, 0.4) is 0 Å². The molecule has 0 aliphatic carbocycles. The second kappa shape index (κ2) is 12.7. The van der Waals surface area contributed by atoms with Crippen LogP contribution >= 0.6 is 0 Å². The van der Waals surface area contributed by atoms with Crippen LogP contribution in [0.2, 0.25) is 0 Å². The Morgan fingerprint density at radius 2 is 1.62 bits per heavy atom. The summed E-state index contributed by atoms with van der Waals surface area (Å²) in [5, 5.41) is 21.8. The first-order valence-corrected chi connectivity index (χ1v) is 15.2. The van der Waals surface area contributed by atoms with Gasteiger partial charge in [0.15, 0.2) is 0 Å². The molecule has 3 heterocycles. The van der Waals surface area contributed by atoms with Crippen molar-refractivity contribution in [3.05, 3.63) is 111 Å². The summed E-state index contributed by atoms with van der Waals surface area (Å²) in [5.41, 5.74) is 2.01. The maximum atomic E-state index is 13.9. The summed E-state index contributed by atoms with van der Waals surface area (Å²) in [6.07, 6.45) is 3.94. The Balaban J connectivity index is 1.28. The van der Waals surface area contributed by atoms with Crippen LogP contribution in [0.15, 0.2) is 78.9 Å². The van der Waals surface area contributed by atoms with Crippen molar-refractivity contribution in [1.29, 1.82) is 5.26 Å². The van der Waals surface area contributed by atoms with Crippen LogP contribution in [0.25, 0.3) is 10.9 Å². The van der Waals surface area contributed by atoms with E-state index in [1.807, 2.05) is 35.2 Å². The first kappa shape index (κ1) is 29.8. The third-order valence-corrected chi connectivity index (χ3v) is 8.84. The summed E-state index contributed by atoms with van der Waals surface area (Å²) < 4.78 is 5.98. The van der Waals surface area contributed by atoms with Crippen molar-refractivity contribution in [3.63, 3.8) is 0 Å². The second-order valence-corrected chi connectivity index (χ2v) is 11.7. The minimum Gasteiger partial charge on any atom is -0.489 e. The highest BCUT2D eigenvalue weighted by atomic mass is 16.6. The lowest BCUT2D eigenvalue weighted by molar-refractivity contribution is -0.384. The van der Waals surface area contributed by atoms with Crippen molar-refractivity contribution in [3.8, 4) is 11.8 Å². The number of hydrogen-bond donors (Lipinski definition) is 0. The highest BCUT2D eigenvalue weighted by Gasteiger charge is 2.38. The number of nitro groups is 1. The van der Waals surface area contributed by atoms with E-state index >= 15 is 0 Å². The van der Waals surface area contributed by atoms with E-state index in [4.69, 9.17) is 4.74 Å². The average molecular weight is 604 g/mol. The molecule has 0 radical (unpaired) electrons. The summed E-state index contributed by atoms with van der Waals surface area (Å²) in [4.78, 5) is 46.6. The molecule has 2 aliphatic heterocycles. The smallest absolute Gasteiger partial charge is 0.272 e. The van der Waals surface area contributed by atoms with Crippen LogP contribution in [0.5, 0.6) is 5.75 Å². The number of pyridine rings is 1. The standard InChI is InChI=1S/C35H33N5O5/c36-24-35(26-9-3-1-4-10-26)14-18-39(19-15-35)34(42)32-22-30(33(41)38-16-5-2-6-17-38)29-21-28(12-13-31(29)37-32)45-23-25-8-7-11-27(20-25)40(43)44/h1,3-4,7-13,20-22H,2,5-6,14-19,23H2. The molecule has 0 bridgehead atoms. The van der Waals surface area contributed by atoms with Crippen molar-refractivity contribution < 1.29 is 19.2 Å². The maximum Gasteiger partial charge on any atom is 0.272 e. The first-order chi connectivity index (χ1) is 21.9. The molecule has 228 valence electrons. The predicted octanol–water partition coefficient (Wildman–Crippen LogP) is 6.05. The van der Waals surface area contributed by atoms with Crippen LogP contribution in [-0.2, 0) is 12.0 Å². The van der Waals surface area contributed by atoms with E-state index < -0.39 is 10.3 Å². The number of hydrogen-bond acceptors (Lipinski definition) is 7. The summed E-state index contributed by atoms with van der Waals surface area (Å²) in [7, 11) is 0. The molecular formula is C35H33N5O5. The summed E-state index contributed by atoms with van der Waals surface area (Å²) in [6, 6.07) is 25.2. The Morgan fingerprint density at radius 1 is 0.889 bits per heavy atom. The van der Waals surface area contributed by atoms with E-state index in [9.17, 15) is 25.0 Å². The molecule has 10 heteroatoms. The van der Waals surface area contributed by atoms with E-state index in [2.05, 4.69) is 11.1 Å². The Bertz CT molecular complexity index is 1790. The number of amides is 2. The molecule has 4 aromatic rings. The largest absolute Gasteiger partial charge is 0.489 e. The third-order valence-electron chi connectivity index (χ3n) is 8.84. The van der Waals surface area contributed by atoms with Crippen LogP contribution in [0.4, 0.5) is 5.69 Å². The number of nitriles is 1. The number of ether oxygens (including phenoxy) is 1. The Morgan fingerprint density at radius 3 is 2.33 bits per heavy atom. The SMILES string of the molecule is N#CC1(c2ccccc2)CCN(C(=O)c2cc(C(=O)N3CCCCC3)c3cc(OCc4cccc([N+](=O)[O-])c4)ccc3n2)CC1. The molecule has 6 rings (SSSR count). The van der Waals surface area contributed by atoms with Gasteiger partial charge in [-0.15, -0.1) is 0 Å². The lowest BCUT2D eigenvalue weighted by Crippen LogP contribution is -2.45. The number of nitrogens with zero attached hydrogens (tertiary/aromatic N) is 5. The molecule has 0 atom stereocenters. The van der Waals surface area contributed by atoms with Crippen molar-refractivity contribution >= 4 is 28.4 Å². The average Bonchev–Trinajstić information content (AvgIpc) is 3.10. The number of aromatic nitrogens is 1. The predicted molar refractivity (Wildman–Crippen MR) is 168 cm³/mol. The molecule has 2 amide bonds. The number of piperidine rings is 2. The lowest BCUT2D eigenvalue weighted by atomic mass is 9.74. The molecule has 0 unspecified atom stereocenters. The fourth-order valence-electron chi connectivity index (χ4n) is 6.25. The van der Waals surface area contributed by atoms with Gasteiger partial charge in [-0.2, -0.15) is 5.26 Å². The Labute approximate surface area is 261 Å². The molecule has 0 N–H and O–H groups in total. The van der Waals surface area contributed by atoms with Gasteiger partial charge >= 0.3 is 0 Å². The molecule has 2 fully saturated rings. The highest BCUT2D eigenvalue weighted by molar-refractivity contribution is 6.09. The topological polar surface area (TPSA) is 130 Å². The van der Waals surface area contributed by atoms with Gasteiger partial charge in [0.05, 0.1) is 27.5 Å². The molecule has 45 heavy (non-hydrogen) atoms. The van der Waals surface area contributed by atoms with Crippen LogP contribution in [0, 0.1) is 21.4 Å². The van der Waals surface area contributed by atoms with Crippen molar-refractivity contribution in [2.75, 3.05) is 26.2 Å². The zero-order valence-corrected chi connectivity index (χ0v) is 24.9. The summed E-state index contributed by atoms with van der Waals surface area (Å²) in [6.45, 7) is 2.21. The number of non-ortho nitro benzene ring substituents is 1. The summed E-state index contributed by atoms with van der Waals surface area (Å²) in [5.74, 6) is 0.0563. The van der Waals surface area contributed by atoms with Crippen molar-refractivity contribution in [2.24, 2.45) is 0 Å². The van der Waals surface area contributed by atoms with Gasteiger partial charge in [-0.1, -0.05) is 42.5 Å². The van der Waals surface area contributed by atoms with Gasteiger partial charge < -0.3 is 14.5 Å². The molecule has 0 spiro atoms. The Hall–Kier alpha value is -5.30. The zero-order valence-electron chi connectivity index (χ0n) is 24.9. The van der Waals surface area contributed by atoms with Gasteiger partial charge in [0, 0.05) is 43.7 Å². The van der Waals surface area contributed by atoms with Gasteiger partial charge in [0.25, 0.3) is 17.5 Å². The number of carbonyl (C=O) groups excluding carboxylic acids is 2. The fraction of sp³-hybridized carbons (Fsp3) is 0.314. The third kappa shape index (κ3) is 6.20. The quantitative estimate of drug-likeness (QED) is 0.186. The number of rotatable bonds is 7. The molecule has 10 nitrogen and oxygen atoms in total. The van der Waals surface area contributed by atoms with Crippen LogP contribution in [-0.4, -0.2) is 57.7 Å². The van der Waals surface area contributed by atoms with Crippen LogP contribution < -0.4 is 4.74 Å². The van der Waals surface area contributed by atoms with E-state index in [0.717, 1.165) is 24.8 Å². The molecular weight excluding hydrogens is 570 g/mol. The van der Waals surface area contributed by atoms with Gasteiger partial charge in [-0.05, 0) is 67.5 Å². The maximum absolute atomic E-state index is 13.9. The number of benzene rings is 3. The van der Waals surface area contributed by atoms with Gasteiger partial charge in [0.1, 0.15) is 18.1 Å². The Kier molecular flexibility index (Phi) is 8.43. The molecule has 2 aliphatic rings. The second-order valence-electron chi connectivity index (χ2n) is 11.7. The lowest BCUT2D eigenvalue weighted by Gasteiger charge is -2.37. The summed E-state index contributed by atoms with van der Waals surface area (Å²) >= 11 is 0. The normalized spacial score (nSPS) is 16.2. The minimum absolute atomic E-state index is 0.0162. The van der Waals surface area contributed by atoms with Gasteiger partial charge in [-0.3, -0.25) is 19.7 Å². The molecule has 3 aromatic carbocycles. The van der Waals surface area contributed by atoms with E-state index in [1.165, 1.54) is 12.1 Å². The van der Waals surface area contributed by atoms with Gasteiger partial charge in [0.2, 0.25) is 0 Å². The number of fused-ring (bicyclic) bond motifs is 1. The van der Waals surface area contributed by atoms with E-state index in [0.29, 0.717) is 66.8 Å². The fourth-order valence-corrected chi connectivity index (χ4v) is 6.25. The van der Waals surface area contributed by atoms with E-state index in [-0.39, 0.29) is 29.8 Å². The van der Waals surface area contributed by atoms with E-state index in [1.54, 1.807) is 41.3 Å². The zero-order chi connectivity index (χ0) is 31.4. The molecule has 0 saturated carbocycles. The highest BCUT2D eigenvalue weighted by Crippen LogP contribution is 2.35.